The summed E-state index contributed by atoms with van der Waals surface area (Å²) >= 11 is 9.53. The van der Waals surface area contributed by atoms with E-state index in [4.69, 9.17) is 31.5 Å². The van der Waals surface area contributed by atoms with E-state index < -0.39 is 22.2 Å². The van der Waals surface area contributed by atoms with Gasteiger partial charge in [0.05, 0.1) is 27.7 Å². The highest BCUT2D eigenvalue weighted by Crippen LogP contribution is 2.33. The predicted octanol–water partition coefficient (Wildman–Crippen LogP) is 4.64. The van der Waals surface area contributed by atoms with Crippen LogP contribution in [-0.4, -0.2) is 72.2 Å². The Balaban J connectivity index is 0.000000470. The van der Waals surface area contributed by atoms with Gasteiger partial charge < -0.3 is 15.3 Å². The van der Waals surface area contributed by atoms with Crippen LogP contribution in [0, 0.1) is 11.3 Å². The van der Waals surface area contributed by atoms with Crippen LogP contribution in [0.1, 0.15) is 18.4 Å². The third-order valence-electron chi connectivity index (χ3n) is 5.99. The van der Waals surface area contributed by atoms with E-state index in [9.17, 15) is 26.9 Å². The Kier molecular flexibility index (Phi) is 8.74. The van der Waals surface area contributed by atoms with E-state index in [2.05, 4.69) is 27.3 Å². The number of fused-ring (bicyclic) bond motifs is 1. The number of rotatable bonds is 5. The number of carbonyl (C=O) groups is 1. The average Bonchev–Trinajstić information content (AvgIpc) is 3.72. The molecule has 0 radical (unpaired) electrons. The maximum atomic E-state index is 13.2. The quantitative estimate of drug-likeness (QED) is 0.401. The first-order chi connectivity index (χ1) is 18.8. The van der Waals surface area contributed by atoms with E-state index in [1.165, 1.54) is 10.4 Å². The van der Waals surface area contributed by atoms with Crippen LogP contribution in [0.5, 0.6) is 0 Å². The van der Waals surface area contributed by atoms with Crippen molar-refractivity contribution in [1.82, 2.24) is 14.3 Å². The van der Waals surface area contributed by atoms with Crippen molar-refractivity contribution in [1.29, 1.82) is 5.26 Å². The second-order valence-corrected chi connectivity index (χ2v) is 12.1. The normalized spacial score (nSPS) is 16.1. The second-order valence-electron chi connectivity index (χ2n) is 8.90. The molecule has 0 spiro atoms. The third-order valence-corrected chi connectivity index (χ3v) is 8.86. The summed E-state index contributed by atoms with van der Waals surface area (Å²) in [5, 5.41) is 20.0. The van der Waals surface area contributed by atoms with Gasteiger partial charge in [-0.25, -0.2) is 23.2 Å². The average molecular weight is 662 g/mol. The van der Waals surface area contributed by atoms with Crippen molar-refractivity contribution in [3.8, 4) is 6.07 Å². The van der Waals surface area contributed by atoms with E-state index in [1.807, 2.05) is 4.90 Å². The topological polar surface area (TPSA) is 140 Å². The molecule has 212 valence electrons. The largest absolute Gasteiger partial charge is 0.490 e. The summed E-state index contributed by atoms with van der Waals surface area (Å²) in [6, 6.07) is 12.6. The summed E-state index contributed by atoms with van der Waals surface area (Å²) in [4.78, 5) is 20.6. The molecular weight excluding hydrogens is 641 g/mol. The van der Waals surface area contributed by atoms with E-state index in [-0.39, 0.29) is 9.92 Å². The Morgan fingerprint density at radius 2 is 1.75 bits per heavy atom. The first kappa shape index (κ1) is 29.8. The lowest BCUT2D eigenvalue weighted by atomic mass is 10.2. The van der Waals surface area contributed by atoms with Crippen molar-refractivity contribution >= 4 is 66.2 Å². The number of carboxylic acid groups (broad SMARTS) is 1. The number of carboxylic acids is 1. The summed E-state index contributed by atoms with van der Waals surface area (Å²) in [6.45, 7) is 1.53. The molecule has 2 N–H and O–H groups in total. The molecule has 2 heterocycles. The molecule has 1 aliphatic heterocycles. The first-order valence-corrected chi connectivity index (χ1v) is 14.4. The molecule has 16 heteroatoms. The van der Waals surface area contributed by atoms with Crippen molar-refractivity contribution < 1.29 is 31.5 Å². The van der Waals surface area contributed by atoms with Crippen molar-refractivity contribution in [2.75, 3.05) is 36.4 Å². The summed E-state index contributed by atoms with van der Waals surface area (Å²) in [5.41, 5.74) is 1.88. The van der Waals surface area contributed by atoms with Gasteiger partial charge in [-0.3, -0.25) is 0 Å². The number of benzene rings is 2. The highest BCUT2D eigenvalue weighted by molar-refractivity contribution is 9.10. The van der Waals surface area contributed by atoms with Gasteiger partial charge in [0.15, 0.2) is 11.6 Å². The van der Waals surface area contributed by atoms with E-state index in [1.54, 1.807) is 30.3 Å². The first-order valence-electron chi connectivity index (χ1n) is 11.8. The molecule has 1 saturated carbocycles. The molecule has 0 amide bonds. The Morgan fingerprint density at radius 3 is 2.30 bits per heavy atom. The predicted molar refractivity (Wildman–Crippen MR) is 145 cm³/mol. The smallest absolute Gasteiger partial charge is 0.475 e. The van der Waals surface area contributed by atoms with Crippen LogP contribution in [0.15, 0.2) is 45.8 Å². The number of aliphatic carboxylic acids is 1. The molecule has 10 nitrogen and oxygen atoms in total. The molecule has 0 bridgehead atoms. The van der Waals surface area contributed by atoms with Gasteiger partial charge in [0.25, 0.3) is 0 Å². The van der Waals surface area contributed by atoms with Crippen LogP contribution in [0.4, 0.5) is 24.8 Å². The maximum absolute atomic E-state index is 13.2. The molecule has 2 fully saturated rings. The zero-order valence-electron chi connectivity index (χ0n) is 20.5. The van der Waals surface area contributed by atoms with Gasteiger partial charge in [-0.05, 0) is 49.2 Å². The van der Waals surface area contributed by atoms with Gasteiger partial charge in [-0.1, -0.05) is 27.5 Å². The molecule has 3 aromatic rings. The number of sulfonamides is 1. The lowest BCUT2D eigenvalue weighted by Gasteiger charge is -2.35. The molecule has 0 unspecified atom stereocenters. The highest BCUT2D eigenvalue weighted by atomic mass is 79.9. The number of piperazine rings is 1. The number of anilines is 2. The van der Waals surface area contributed by atoms with Gasteiger partial charge in [-0.2, -0.15) is 22.7 Å². The zero-order chi connectivity index (χ0) is 29.2. The van der Waals surface area contributed by atoms with Crippen molar-refractivity contribution in [2.45, 2.75) is 30.0 Å². The minimum Gasteiger partial charge on any atom is -0.475 e. The lowest BCUT2D eigenvalue weighted by molar-refractivity contribution is -0.192. The molecule has 5 rings (SSSR count). The maximum Gasteiger partial charge on any atom is 0.490 e. The van der Waals surface area contributed by atoms with Crippen LogP contribution in [0.2, 0.25) is 5.02 Å². The Hall–Kier alpha value is -3.19. The molecule has 0 atom stereocenters. The van der Waals surface area contributed by atoms with Crippen molar-refractivity contribution in [2.24, 2.45) is 0 Å². The van der Waals surface area contributed by atoms with E-state index in [0.717, 1.165) is 17.3 Å². The monoisotopic (exact) mass is 660 g/mol. The lowest BCUT2D eigenvalue weighted by Crippen LogP contribution is -2.49. The van der Waals surface area contributed by atoms with Gasteiger partial charge >= 0.3 is 12.1 Å². The highest BCUT2D eigenvalue weighted by Gasteiger charge is 2.38. The fourth-order valence-corrected chi connectivity index (χ4v) is 6.25. The molecule has 1 aromatic heterocycles. The number of aromatic nitrogens is 2. The van der Waals surface area contributed by atoms with Gasteiger partial charge in [0.2, 0.25) is 10.0 Å². The van der Waals surface area contributed by atoms with Gasteiger partial charge in [0.1, 0.15) is 4.90 Å². The van der Waals surface area contributed by atoms with Gasteiger partial charge in [-0.15, -0.1) is 0 Å². The molecule has 2 aromatic carbocycles. The fourth-order valence-electron chi connectivity index (χ4n) is 3.82. The summed E-state index contributed by atoms with van der Waals surface area (Å²) in [6.07, 6.45) is -2.90. The molecule has 1 aliphatic carbocycles. The minimum atomic E-state index is -5.08. The number of nitrogens with one attached hydrogen (secondary N) is 1. The van der Waals surface area contributed by atoms with Gasteiger partial charge in [0, 0.05) is 36.7 Å². The van der Waals surface area contributed by atoms with E-state index >= 15 is 0 Å². The summed E-state index contributed by atoms with van der Waals surface area (Å²) in [5.74, 6) is -1.38. The Labute approximate surface area is 240 Å². The van der Waals surface area contributed by atoms with Crippen LogP contribution >= 0.6 is 27.5 Å². The molecule has 2 aliphatic rings. The van der Waals surface area contributed by atoms with E-state index in [0.29, 0.717) is 60.5 Å². The number of hydrogen-bond donors (Lipinski definition) is 2. The van der Waals surface area contributed by atoms with Crippen LogP contribution in [0.25, 0.3) is 11.0 Å². The number of nitriles is 1. The summed E-state index contributed by atoms with van der Waals surface area (Å²) in [7, 11) is -3.71. The second kappa shape index (κ2) is 11.7. The molecule has 1 saturated heterocycles. The third kappa shape index (κ3) is 6.92. The Morgan fingerprint density at radius 1 is 1.10 bits per heavy atom. The van der Waals surface area contributed by atoms with Crippen LogP contribution in [0.3, 0.4) is 0 Å². The Bertz CT molecular complexity index is 1590. The SMILES string of the molecule is N#Cc1ccc2nc(NC3CC3)c(N3CCN(S(=O)(=O)c4ccc(Br)cc4Cl)CC3)nc2c1.O=C(O)C(F)(F)F. The fraction of sp³-hybridized carbons (Fsp3) is 0.333. The minimum absolute atomic E-state index is 0.103. The number of hydrogen-bond acceptors (Lipinski definition) is 8. The number of halogens is 5. The molecular formula is C24H21BrClF3N6O4S. The number of nitrogens with zero attached hydrogens (tertiary/aromatic N) is 5. The zero-order valence-corrected chi connectivity index (χ0v) is 23.6. The van der Waals surface area contributed by atoms with Crippen LogP contribution in [-0.2, 0) is 14.8 Å². The standard InChI is InChI=1S/C22H20BrClN6O2S.C2HF3O2/c23-15-2-6-20(17(24)12-15)33(31,32)30-9-7-29(8-10-30)22-21(26-16-3-4-16)27-18-5-1-14(13-25)11-19(18)28-22;3-2(4,5)1(6)7/h1-2,5-6,11-12,16H,3-4,7-10H2,(H,26,27);(H,6,7). The van der Waals surface area contributed by atoms with Crippen molar-refractivity contribution in [3.63, 3.8) is 0 Å². The van der Waals surface area contributed by atoms with Crippen molar-refractivity contribution in [3.05, 3.63) is 51.5 Å². The molecule has 40 heavy (non-hydrogen) atoms. The summed E-state index contributed by atoms with van der Waals surface area (Å²) < 4.78 is 60.2. The number of alkyl halides is 3. The van der Waals surface area contributed by atoms with Crippen LogP contribution < -0.4 is 10.2 Å².